The Balaban J connectivity index is 1.93. The third-order valence-corrected chi connectivity index (χ3v) is 4.35. The van der Waals surface area contributed by atoms with Crippen LogP contribution in [0.4, 0.5) is 0 Å². The van der Waals surface area contributed by atoms with E-state index in [0.717, 1.165) is 15.8 Å². The van der Waals surface area contributed by atoms with Crippen molar-refractivity contribution >= 4 is 27.8 Å². The number of carbonyl (C=O) groups is 2. The van der Waals surface area contributed by atoms with Crippen LogP contribution in [0.3, 0.4) is 0 Å². The van der Waals surface area contributed by atoms with Gasteiger partial charge in [-0.15, -0.1) is 0 Å². The molecule has 0 aromatic heterocycles. The minimum Gasteiger partial charge on any atom is -0.496 e. The topological polar surface area (TPSA) is 76.1 Å². The van der Waals surface area contributed by atoms with Crippen LogP contribution in [0.2, 0.25) is 0 Å². The fraction of sp³-hybridized carbons (Fsp3) is 0.500. The molecule has 0 spiro atoms. The molecule has 1 heterocycles. The molecule has 1 aliphatic rings. The van der Waals surface area contributed by atoms with Gasteiger partial charge in [-0.1, -0.05) is 6.07 Å². The molecule has 0 aliphatic carbocycles. The molecule has 1 aromatic carbocycles. The lowest BCUT2D eigenvalue weighted by Crippen LogP contribution is -2.51. The summed E-state index contributed by atoms with van der Waals surface area (Å²) < 4.78 is 11.3. The van der Waals surface area contributed by atoms with Crippen LogP contribution in [-0.4, -0.2) is 54.3 Å². The van der Waals surface area contributed by atoms with Crippen LogP contribution in [0.25, 0.3) is 0 Å². The molecule has 0 radical (unpaired) electrons. The first-order valence-corrected chi connectivity index (χ1v) is 8.18. The van der Waals surface area contributed by atoms with E-state index in [1.807, 2.05) is 18.2 Å². The highest BCUT2D eigenvalue weighted by Gasteiger charge is 2.32. The number of aryl methyl sites for hydroxylation is 1. The van der Waals surface area contributed by atoms with Crippen LogP contribution in [0.15, 0.2) is 22.7 Å². The van der Waals surface area contributed by atoms with Crippen molar-refractivity contribution in [1.29, 1.82) is 0 Å². The van der Waals surface area contributed by atoms with Crippen LogP contribution in [0.1, 0.15) is 18.9 Å². The van der Waals surface area contributed by atoms with Gasteiger partial charge in [0.1, 0.15) is 5.75 Å². The second-order valence-electron chi connectivity index (χ2n) is 5.54. The van der Waals surface area contributed by atoms with E-state index in [1.54, 1.807) is 18.9 Å². The quantitative estimate of drug-likeness (QED) is 0.839. The smallest absolute Gasteiger partial charge is 0.334 e. The molecular formula is C16H20BrNO5. The molecule has 1 amide bonds. The number of hydrogen-bond donors (Lipinski definition) is 1. The molecule has 1 fully saturated rings. The van der Waals surface area contributed by atoms with E-state index in [-0.39, 0.29) is 18.6 Å². The fourth-order valence-corrected chi connectivity index (χ4v) is 3.15. The maximum Gasteiger partial charge on any atom is 0.334 e. The number of nitrogens with zero attached hydrogens (tertiary/aromatic N) is 1. The molecular weight excluding hydrogens is 366 g/mol. The van der Waals surface area contributed by atoms with Crippen LogP contribution in [0.5, 0.6) is 5.75 Å². The first-order chi connectivity index (χ1) is 10.9. The van der Waals surface area contributed by atoms with Crippen molar-refractivity contribution in [2.24, 2.45) is 0 Å². The molecule has 1 aromatic rings. The summed E-state index contributed by atoms with van der Waals surface area (Å²) >= 11 is 3.42. The number of aliphatic carboxylic acids is 1. The van der Waals surface area contributed by atoms with E-state index in [4.69, 9.17) is 14.6 Å². The number of carboxylic acid groups (broad SMARTS) is 1. The summed E-state index contributed by atoms with van der Waals surface area (Å²) in [6, 6.07) is 5.69. The highest BCUT2D eigenvalue weighted by molar-refractivity contribution is 9.10. The largest absolute Gasteiger partial charge is 0.496 e. The minimum atomic E-state index is -1.03. The molecule has 7 heteroatoms. The minimum absolute atomic E-state index is 0.0571. The van der Waals surface area contributed by atoms with Gasteiger partial charge < -0.3 is 19.5 Å². The van der Waals surface area contributed by atoms with Gasteiger partial charge in [0, 0.05) is 13.0 Å². The van der Waals surface area contributed by atoms with Crippen molar-refractivity contribution in [2.45, 2.75) is 32.0 Å². The van der Waals surface area contributed by atoms with Gasteiger partial charge in [0.25, 0.3) is 0 Å². The van der Waals surface area contributed by atoms with Gasteiger partial charge in [-0.25, -0.2) is 4.79 Å². The predicted molar refractivity (Wildman–Crippen MR) is 87.6 cm³/mol. The van der Waals surface area contributed by atoms with E-state index in [2.05, 4.69) is 15.9 Å². The Hall–Kier alpha value is -1.60. The van der Waals surface area contributed by atoms with Crippen molar-refractivity contribution in [3.8, 4) is 5.75 Å². The SMILES string of the molecule is COc1ccc(CCC(=O)N2CC(C(=O)O)O[C@H](C)C2)cc1Br. The second kappa shape index (κ2) is 7.79. The molecule has 0 saturated carbocycles. The number of ether oxygens (including phenoxy) is 2. The molecule has 2 rings (SSSR count). The van der Waals surface area contributed by atoms with Gasteiger partial charge in [0.15, 0.2) is 6.10 Å². The standard InChI is InChI=1S/C16H20BrNO5/c1-10-8-18(9-14(23-10)16(20)21)15(19)6-4-11-3-5-13(22-2)12(17)7-11/h3,5,7,10,14H,4,6,8-9H2,1-2H3,(H,20,21)/t10-,14?/m1/s1. The van der Waals surface area contributed by atoms with E-state index in [1.165, 1.54) is 0 Å². The lowest BCUT2D eigenvalue weighted by atomic mass is 10.1. The molecule has 1 N–H and O–H groups in total. The van der Waals surface area contributed by atoms with Crippen LogP contribution < -0.4 is 4.74 Å². The predicted octanol–water partition coefficient (Wildman–Crippen LogP) is 2.09. The van der Waals surface area contributed by atoms with Crippen molar-refractivity contribution in [3.05, 3.63) is 28.2 Å². The van der Waals surface area contributed by atoms with Crippen molar-refractivity contribution in [1.82, 2.24) is 4.90 Å². The van der Waals surface area contributed by atoms with Gasteiger partial charge in [0.05, 0.1) is 24.2 Å². The monoisotopic (exact) mass is 385 g/mol. The molecule has 1 saturated heterocycles. The maximum atomic E-state index is 12.3. The third-order valence-electron chi connectivity index (χ3n) is 3.73. The number of halogens is 1. The summed E-state index contributed by atoms with van der Waals surface area (Å²) in [4.78, 5) is 25.0. The Morgan fingerprint density at radius 3 is 2.78 bits per heavy atom. The lowest BCUT2D eigenvalue weighted by molar-refractivity contribution is -0.166. The Labute approximate surface area is 143 Å². The molecule has 2 atom stereocenters. The summed E-state index contributed by atoms with van der Waals surface area (Å²) in [7, 11) is 1.60. The Morgan fingerprint density at radius 2 is 2.17 bits per heavy atom. The van der Waals surface area contributed by atoms with Gasteiger partial charge in [0.2, 0.25) is 5.91 Å². The number of carboxylic acids is 1. The highest BCUT2D eigenvalue weighted by atomic mass is 79.9. The molecule has 6 nitrogen and oxygen atoms in total. The van der Waals surface area contributed by atoms with E-state index >= 15 is 0 Å². The van der Waals surface area contributed by atoms with E-state index in [9.17, 15) is 9.59 Å². The van der Waals surface area contributed by atoms with Gasteiger partial charge in [-0.05, 0) is 47.0 Å². The highest BCUT2D eigenvalue weighted by Crippen LogP contribution is 2.26. The van der Waals surface area contributed by atoms with Crippen molar-refractivity contribution in [3.63, 3.8) is 0 Å². The Bertz CT molecular complexity index is 592. The summed E-state index contributed by atoms with van der Waals surface area (Å²) in [5, 5.41) is 9.06. The number of carbonyl (C=O) groups excluding carboxylic acids is 1. The van der Waals surface area contributed by atoms with Gasteiger partial charge >= 0.3 is 5.97 Å². The molecule has 0 bridgehead atoms. The van der Waals surface area contributed by atoms with Crippen molar-refractivity contribution in [2.75, 3.05) is 20.2 Å². The number of rotatable bonds is 5. The first-order valence-electron chi connectivity index (χ1n) is 7.39. The number of methoxy groups -OCH3 is 1. The molecule has 126 valence electrons. The molecule has 23 heavy (non-hydrogen) atoms. The van der Waals surface area contributed by atoms with E-state index < -0.39 is 12.1 Å². The summed E-state index contributed by atoms with van der Waals surface area (Å²) in [6.45, 7) is 2.30. The maximum absolute atomic E-state index is 12.3. The summed E-state index contributed by atoms with van der Waals surface area (Å²) in [5.41, 5.74) is 1.02. The third kappa shape index (κ3) is 4.68. The second-order valence-corrected chi connectivity index (χ2v) is 6.40. The van der Waals surface area contributed by atoms with Crippen LogP contribution in [-0.2, 0) is 20.7 Å². The number of hydrogen-bond acceptors (Lipinski definition) is 4. The number of benzene rings is 1. The van der Waals surface area contributed by atoms with Crippen molar-refractivity contribution < 1.29 is 24.2 Å². The zero-order valence-corrected chi connectivity index (χ0v) is 14.7. The zero-order valence-electron chi connectivity index (χ0n) is 13.1. The first kappa shape index (κ1) is 17.7. The zero-order chi connectivity index (χ0) is 17.0. The average molecular weight is 386 g/mol. The van der Waals surface area contributed by atoms with Crippen LogP contribution >= 0.6 is 15.9 Å². The lowest BCUT2D eigenvalue weighted by Gasteiger charge is -2.35. The van der Waals surface area contributed by atoms with Gasteiger partial charge in [-0.3, -0.25) is 4.79 Å². The molecule has 1 aliphatic heterocycles. The van der Waals surface area contributed by atoms with E-state index in [0.29, 0.717) is 19.4 Å². The van der Waals surface area contributed by atoms with Gasteiger partial charge in [-0.2, -0.15) is 0 Å². The average Bonchev–Trinajstić information content (AvgIpc) is 2.52. The fourth-order valence-electron chi connectivity index (χ4n) is 2.57. The Morgan fingerprint density at radius 1 is 1.43 bits per heavy atom. The normalized spacial score (nSPS) is 21.1. The number of morpholine rings is 1. The summed E-state index contributed by atoms with van der Waals surface area (Å²) in [5.74, 6) is -0.349. The summed E-state index contributed by atoms with van der Waals surface area (Å²) in [6.07, 6.45) is -0.301. The molecule has 1 unspecified atom stereocenters. The van der Waals surface area contributed by atoms with Crippen LogP contribution in [0, 0.1) is 0 Å². The number of amides is 1. The Kier molecular flexibility index (Phi) is 6.01.